The number of carbonyl (C=O) groups is 1. The second-order valence-corrected chi connectivity index (χ2v) is 4.11. The van der Waals surface area contributed by atoms with E-state index in [2.05, 4.69) is 5.32 Å². The third-order valence-electron chi connectivity index (χ3n) is 2.77. The van der Waals surface area contributed by atoms with Gasteiger partial charge in [0.15, 0.2) is 0 Å². The summed E-state index contributed by atoms with van der Waals surface area (Å²) >= 11 is 0. The van der Waals surface area contributed by atoms with Crippen LogP contribution in [0, 0.1) is 11.3 Å². The molecule has 1 rings (SSSR count). The second-order valence-electron chi connectivity index (χ2n) is 4.11. The molecule has 2 amide bonds. The van der Waals surface area contributed by atoms with E-state index >= 15 is 0 Å². The summed E-state index contributed by atoms with van der Waals surface area (Å²) in [6.45, 7) is 2.09. The van der Waals surface area contributed by atoms with Crippen molar-refractivity contribution in [1.29, 1.82) is 5.26 Å². The van der Waals surface area contributed by atoms with E-state index in [1.165, 1.54) is 4.90 Å². The third-order valence-corrected chi connectivity index (χ3v) is 2.77. The van der Waals surface area contributed by atoms with Crippen LogP contribution in [0.3, 0.4) is 0 Å². The number of nitrogens with one attached hydrogen (secondary N) is 1. The van der Waals surface area contributed by atoms with E-state index in [9.17, 15) is 4.79 Å². The fourth-order valence-corrected chi connectivity index (χ4v) is 1.32. The number of aliphatic hydroxyl groups excluding tert-OH is 1. The van der Waals surface area contributed by atoms with Crippen LogP contribution in [0.25, 0.3) is 0 Å². The summed E-state index contributed by atoms with van der Waals surface area (Å²) < 4.78 is 0. The number of nitriles is 1. The molecule has 1 aromatic rings. The molecular formula is C13H17N3O2. The number of nitrogens with zero attached hydrogens (tertiary/aromatic N) is 2. The van der Waals surface area contributed by atoms with Gasteiger partial charge < -0.3 is 15.3 Å². The molecule has 0 saturated carbocycles. The van der Waals surface area contributed by atoms with Crippen LogP contribution < -0.4 is 5.32 Å². The Hall–Kier alpha value is -2.06. The number of hydrogen-bond acceptors (Lipinski definition) is 3. The smallest absolute Gasteiger partial charge is 0.317 e. The molecule has 0 aromatic heterocycles. The van der Waals surface area contributed by atoms with Crippen molar-refractivity contribution >= 4 is 6.03 Å². The molecule has 0 heterocycles. The SMILES string of the molecule is CC(CO)N(C)C(=O)NCc1ccc(C#N)cc1. The van der Waals surface area contributed by atoms with Crippen molar-refractivity contribution in [2.75, 3.05) is 13.7 Å². The van der Waals surface area contributed by atoms with Gasteiger partial charge in [-0.1, -0.05) is 12.1 Å². The van der Waals surface area contributed by atoms with Gasteiger partial charge in [0, 0.05) is 13.6 Å². The average Bonchev–Trinajstić information content (AvgIpc) is 2.43. The zero-order chi connectivity index (χ0) is 13.5. The standard InChI is InChI=1S/C13H17N3O2/c1-10(9-17)16(2)13(18)15-8-12-5-3-11(7-14)4-6-12/h3-6,10,17H,8-9H2,1-2H3,(H,15,18). The fourth-order valence-electron chi connectivity index (χ4n) is 1.32. The summed E-state index contributed by atoms with van der Waals surface area (Å²) in [4.78, 5) is 13.1. The van der Waals surface area contributed by atoms with E-state index in [0.717, 1.165) is 5.56 Å². The molecule has 18 heavy (non-hydrogen) atoms. The largest absolute Gasteiger partial charge is 0.394 e. The van der Waals surface area contributed by atoms with Crippen LogP contribution in [0.5, 0.6) is 0 Å². The van der Waals surface area contributed by atoms with Crippen LogP contribution in [0.15, 0.2) is 24.3 Å². The number of urea groups is 1. The van der Waals surface area contributed by atoms with Crippen LogP contribution >= 0.6 is 0 Å². The Morgan fingerprint density at radius 3 is 2.61 bits per heavy atom. The van der Waals surface area contributed by atoms with Crippen molar-refractivity contribution in [3.63, 3.8) is 0 Å². The lowest BCUT2D eigenvalue weighted by atomic mass is 10.1. The van der Waals surface area contributed by atoms with Gasteiger partial charge in [-0.2, -0.15) is 5.26 Å². The van der Waals surface area contributed by atoms with Crippen LogP contribution in [0.1, 0.15) is 18.1 Å². The van der Waals surface area contributed by atoms with Gasteiger partial charge in [0.1, 0.15) is 0 Å². The predicted octanol–water partition coefficient (Wildman–Crippen LogP) is 1.08. The van der Waals surface area contributed by atoms with E-state index in [4.69, 9.17) is 10.4 Å². The Labute approximate surface area is 107 Å². The van der Waals surface area contributed by atoms with Gasteiger partial charge in [0.05, 0.1) is 24.3 Å². The molecule has 1 unspecified atom stereocenters. The van der Waals surface area contributed by atoms with Crippen molar-refractivity contribution in [1.82, 2.24) is 10.2 Å². The topological polar surface area (TPSA) is 76.4 Å². The maximum Gasteiger partial charge on any atom is 0.317 e. The van der Waals surface area contributed by atoms with Gasteiger partial charge in [-0.3, -0.25) is 0 Å². The van der Waals surface area contributed by atoms with E-state index in [0.29, 0.717) is 12.1 Å². The first kappa shape index (κ1) is 14.0. The monoisotopic (exact) mass is 247 g/mol. The van der Waals surface area contributed by atoms with Gasteiger partial charge in [-0.05, 0) is 24.6 Å². The molecule has 5 nitrogen and oxygen atoms in total. The number of hydrogen-bond donors (Lipinski definition) is 2. The van der Waals surface area contributed by atoms with E-state index in [-0.39, 0.29) is 18.7 Å². The zero-order valence-corrected chi connectivity index (χ0v) is 10.6. The van der Waals surface area contributed by atoms with Gasteiger partial charge in [-0.15, -0.1) is 0 Å². The van der Waals surface area contributed by atoms with Crippen LogP contribution in [0.2, 0.25) is 0 Å². The average molecular weight is 247 g/mol. The predicted molar refractivity (Wildman–Crippen MR) is 67.7 cm³/mol. The number of benzene rings is 1. The molecule has 0 aliphatic heterocycles. The molecule has 1 atom stereocenters. The Kier molecular flexibility index (Phi) is 5.15. The molecule has 0 saturated heterocycles. The molecule has 2 N–H and O–H groups in total. The summed E-state index contributed by atoms with van der Waals surface area (Å²) in [6.07, 6.45) is 0. The molecular weight excluding hydrogens is 230 g/mol. The molecule has 0 radical (unpaired) electrons. The van der Waals surface area contributed by atoms with Crippen molar-refractivity contribution in [3.05, 3.63) is 35.4 Å². The maximum absolute atomic E-state index is 11.7. The minimum Gasteiger partial charge on any atom is -0.394 e. The Morgan fingerprint density at radius 2 is 2.11 bits per heavy atom. The molecule has 1 aromatic carbocycles. The number of aliphatic hydroxyl groups is 1. The maximum atomic E-state index is 11.7. The summed E-state index contributed by atoms with van der Waals surface area (Å²) in [5.41, 5.74) is 1.52. The summed E-state index contributed by atoms with van der Waals surface area (Å²) in [5.74, 6) is 0. The highest BCUT2D eigenvalue weighted by molar-refractivity contribution is 5.74. The zero-order valence-electron chi connectivity index (χ0n) is 10.6. The lowest BCUT2D eigenvalue weighted by Crippen LogP contribution is -2.43. The van der Waals surface area contributed by atoms with Gasteiger partial charge in [0.2, 0.25) is 0 Å². The summed E-state index contributed by atoms with van der Waals surface area (Å²) in [5, 5.41) is 20.3. The normalized spacial score (nSPS) is 11.4. The van der Waals surface area contributed by atoms with Crippen molar-refractivity contribution < 1.29 is 9.90 Å². The van der Waals surface area contributed by atoms with E-state index < -0.39 is 0 Å². The van der Waals surface area contributed by atoms with Gasteiger partial charge in [0.25, 0.3) is 0 Å². The fraction of sp³-hybridized carbons (Fsp3) is 0.385. The molecule has 0 aliphatic carbocycles. The molecule has 96 valence electrons. The molecule has 0 fully saturated rings. The molecule has 0 spiro atoms. The first-order valence-corrected chi connectivity index (χ1v) is 5.69. The number of likely N-dealkylation sites (N-methyl/N-ethyl adjacent to an activating group) is 1. The highest BCUT2D eigenvalue weighted by Crippen LogP contribution is 2.03. The molecule has 0 aliphatic rings. The Balaban J connectivity index is 2.49. The summed E-state index contributed by atoms with van der Waals surface area (Å²) in [7, 11) is 1.63. The van der Waals surface area contributed by atoms with Crippen molar-refractivity contribution in [2.45, 2.75) is 19.5 Å². The highest BCUT2D eigenvalue weighted by atomic mass is 16.3. The van der Waals surface area contributed by atoms with Crippen molar-refractivity contribution in [3.8, 4) is 6.07 Å². The quantitative estimate of drug-likeness (QED) is 0.836. The van der Waals surface area contributed by atoms with Crippen LogP contribution in [-0.4, -0.2) is 35.7 Å². The first-order chi connectivity index (χ1) is 8.58. The third kappa shape index (κ3) is 3.75. The second kappa shape index (κ2) is 6.62. The minimum atomic E-state index is -0.235. The molecule has 5 heteroatoms. The first-order valence-electron chi connectivity index (χ1n) is 5.69. The van der Waals surface area contributed by atoms with Crippen molar-refractivity contribution in [2.24, 2.45) is 0 Å². The Morgan fingerprint density at radius 1 is 1.50 bits per heavy atom. The lowest BCUT2D eigenvalue weighted by Gasteiger charge is -2.23. The number of amides is 2. The van der Waals surface area contributed by atoms with Crippen LogP contribution in [-0.2, 0) is 6.54 Å². The Bertz CT molecular complexity index is 437. The minimum absolute atomic E-state index is 0.0687. The highest BCUT2D eigenvalue weighted by Gasteiger charge is 2.13. The van der Waals surface area contributed by atoms with Crippen LogP contribution in [0.4, 0.5) is 4.79 Å². The van der Waals surface area contributed by atoms with E-state index in [1.54, 1.807) is 38.2 Å². The summed E-state index contributed by atoms with van der Waals surface area (Å²) in [6, 6.07) is 8.60. The lowest BCUT2D eigenvalue weighted by molar-refractivity contribution is 0.157. The number of rotatable bonds is 4. The van der Waals surface area contributed by atoms with Gasteiger partial charge in [-0.25, -0.2) is 4.79 Å². The molecule has 0 bridgehead atoms. The van der Waals surface area contributed by atoms with Gasteiger partial charge >= 0.3 is 6.03 Å². The number of carbonyl (C=O) groups excluding carboxylic acids is 1. The van der Waals surface area contributed by atoms with E-state index in [1.807, 2.05) is 6.07 Å².